The van der Waals surface area contributed by atoms with Gasteiger partial charge in [0.25, 0.3) is 10.0 Å². The summed E-state index contributed by atoms with van der Waals surface area (Å²) in [5, 5.41) is 3.29. The molecule has 2 amide bonds. The van der Waals surface area contributed by atoms with Gasteiger partial charge in [-0.1, -0.05) is 88.2 Å². The highest BCUT2D eigenvalue weighted by Crippen LogP contribution is 2.26. The molecule has 0 heterocycles. The number of anilines is 1. The third-order valence-electron chi connectivity index (χ3n) is 6.61. The summed E-state index contributed by atoms with van der Waals surface area (Å²) in [4.78, 5) is 29.3. The number of carbonyl (C=O) groups excluding carboxylic acids is 2. The number of sulfonamides is 1. The molecule has 0 aliphatic rings. The number of nitrogens with zero attached hydrogens (tertiary/aromatic N) is 2. The molecule has 0 aliphatic carbocycles. The Kier molecular flexibility index (Phi) is 10.8. The first-order chi connectivity index (χ1) is 20.2. The van der Waals surface area contributed by atoms with Gasteiger partial charge in [0.15, 0.2) is 0 Å². The van der Waals surface area contributed by atoms with Gasteiger partial charge in [-0.05, 0) is 66.6 Å². The van der Waals surface area contributed by atoms with Crippen molar-refractivity contribution in [1.29, 1.82) is 0 Å². The van der Waals surface area contributed by atoms with Crippen molar-refractivity contribution in [2.24, 2.45) is 0 Å². The van der Waals surface area contributed by atoms with Crippen LogP contribution >= 0.6 is 27.5 Å². The van der Waals surface area contributed by atoms with E-state index < -0.39 is 28.5 Å². The van der Waals surface area contributed by atoms with Gasteiger partial charge in [0.2, 0.25) is 11.8 Å². The van der Waals surface area contributed by atoms with Gasteiger partial charge in [-0.25, -0.2) is 8.42 Å². The number of halogens is 2. The van der Waals surface area contributed by atoms with Gasteiger partial charge >= 0.3 is 0 Å². The molecule has 4 aromatic rings. The molecule has 10 heteroatoms. The number of hydrogen-bond donors (Lipinski definition) is 1. The third kappa shape index (κ3) is 8.00. The molecule has 1 atom stereocenters. The van der Waals surface area contributed by atoms with Crippen LogP contribution in [-0.2, 0) is 32.6 Å². The van der Waals surface area contributed by atoms with E-state index in [4.69, 9.17) is 11.6 Å². The topological polar surface area (TPSA) is 86.8 Å². The lowest BCUT2D eigenvalue weighted by molar-refractivity contribution is -0.140. The molecule has 0 unspecified atom stereocenters. The molecular formula is C32H31BrClN3O4S. The Hall–Kier alpha value is -3.66. The highest BCUT2D eigenvalue weighted by Gasteiger charge is 2.34. The monoisotopic (exact) mass is 667 g/mol. The average Bonchev–Trinajstić information content (AvgIpc) is 3.00. The van der Waals surface area contributed by atoms with E-state index in [2.05, 4.69) is 21.2 Å². The van der Waals surface area contributed by atoms with Crippen molar-refractivity contribution in [2.45, 2.75) is 30.8 Å². The molecule has 0 spiro atoms. The number of nitrogens with one attached hydrogen (secondary N) is 1. The summed E-state index contributed by atoms with van der Waals surface area (Å²) in [7, 11) is -4.15. The fourth-order valence-corrected chi connectivity index (χ4v) is 6.31. The Morgan fingerprint density at radius 1 is 0.833 bits per heavy atom. The predicted molar refractivity (Wildman–Crippen MR) is 170 cm³/mol. The maximum absolute atomic E-state index is 14.3. The van der Waals surface area contributed by atoms with Crippen LogP contribution in [0, 0.1) is 0 Å². The van der Waals surface area contributed by atoms with Crippen LogP contribution in [-0.4, -0.2) is 44.3 Å². The lowest BCUT2D eigenvalue weighted by Crippen LogP contribution is -2.53. The average molecular weight is 669 g/mol. The van der Waals surface area contributed by atoms with Crippen LogP contribution in [0.5, 0.6) is 0 Å². The summed E-state index contributed by atoms with van der Waals surface area (Å²) < 4.78 is 29.7. The van der Waals surface area contributed by atoms with Crippen molar-refractivity contribution in [1.82, 2.24) is 10.2 Å². The van der Waals surface area contributed by atoms with E-state index in [0.717, 1.165) is 19.9 Å². The van der Waals surface area contributed by atoms with Crippen LogP contribution < -0.4 is 9.62 Å². The predicted octanol–water partition coefficient (Wildman–Crippen LogP) is 6.07. The van der Waals surface area contributed by atoms with Crippen LogP contribution in [0.25, 0.3) is 0 Å². The van der Waals surface area contributed by atoms with E-state index in [-0.39, 0.29) is 29.5 Å². The highest BCUT2D eigenvalue weighted by atomic mass is 79.9. The summed E-state index contributed by atoms with van der Waals surface area (Å²) in [5.74, 6) is -0.852. The quantitative estimate of drug-likeness (QED) is 0.199. The second kappa shape index (κ2) is 14.5. The lowest BCUT2D eigenvalue weighted by atomic mass is 10.0. The Morgan fingerprint density at radius 3 is 2.02 bits per heavy atom. The van der Waals surface area contributed by atoms with Crippen LogP contribution in [0.4, 0.5) is 5.69 Å². The van der Waals surface area contributed by atoms with Gasteiger partial charge in [-0.2, -0.15) is 0 Å². The molecule has 0 aromatic heterocycles. The zero-order chi connectivity index (χ0) is 30.1. The summed E-state index contributed by atoms with van der Waals surface area (Å²) in [5.41, 5.74) is 1.93. The largest absolute Gasteiger partial charge is 0.355 e. The Bertz CT molecular complexity index is 1590. The van der Waals surface area contributed by atoms with Crippen LogP contribution in [0.3, 0.4) is 0 Å². The van der Waals surface area contributed by atoms with Crippen LogP contribution in [0.15, 0.2) is 119 Å². The maximum atomic E-state index is 14.3. The van der Waals surface area contributed by atoms with E-state index >= 15 is 0 Å². The van der Waals surface area contributed by atoms with Gasteiger partial charge in [0.05, 0.1) is 10.6 Å². The van der Waals surface area contributed by atoms with E-state index in [1.54, 1.807) is 42.5 Å². The normalized spacial score (nSPS) is 11.9. The molecule has 1 N–H and O–H groups in total. The molecule has 7 nitrogen and oxygen atoms in total. The smallest absolute Gasteiger partial charge is 0.264 e. The summed E-state index contributed by atoms with van der Waals surface area (Å²) in [6.45, 7) is 1.76. The molecule has 0 aliphatic heterocycles. The van der Waals surface area contributed by atoms with E-state index in [9.17, 15) is 18.0 Å². The van der Waals surface area contributed by atoms with Crippen molar-refractivity contribution >= 4 is 55.1 Å². The van der Waals surface area contributed by atoms with Crippen molar-refractivity contribution in [3.05, 3.63) is 130 Å². The SMILES string of the molecule is CCNC(=O)[C@@H](Cc1ccccc1)N(Cc1ccc(Br)cc1)C(=O)CN(c1ccc(Cl)cc1)S(=O)(=O)c1ccccc1. The number of amides is 2. The second-order valence-electron chi connectivity index (χ2n) is 9.55. The lowest BCUT2D eigenvalue weighted by Gasteiger charge is -2.33. The van der Waals surface area contributed by atoms with Crippen molar-refractivity contribution < 1.29 is 18.0 Å². The standard InChI is InChI=1S/C32H31BrClN3O4S/c1-2-35-32(39)30(21-24-9-5-3-6-10-24)36(22-25-13-15-26(33)16-14-25)31(38)23-37(28-19-17-27(34)18-20-28)42(40,41)29-11-7-4-8-12-29/h3-20,30H,2,21-23H2,1H3,(H,35,39)/t30-/m1/s1. The molecule has 0 bridgehead atoms. The van der Waals surface area contributed by atoms with Crippen molar-refractivity contribution in [3.8, 4) is 0 Å². The van der Waals surface area contributed by atoms with Crippen LogP contribution in [0.2, 0.25) is 5.02 Å². The third-order valence-corrected chi connectivity index (χ3v) is 9.18. The molecule has 4 aromatic carbocycles. The minimum Gasteiger partial charge on any atom is -0.355 e. The van der Waals surface area contributed by atoms with E-state index in [1.165, 1.54) is 17.0 Å². The molecule has 0 radical (unpaired) electrons. The Balaban J connectivity index is 1.78. The van der Waals surface area contributed by atoms with Gasteiger partial charge in [0, 0.05) is 29.0 Å². The Labute approximate surface area is 260 Å². The minimum atomic E-state index is -4.15. The number of carbonyl (C=O) groups is 2. The molecule has 218 valence electrons. The highest BCUT2D eigenvalue weighted by molar-refractivity contribution is 9.10. The van der Waals surface area contributed by atoms with Gasteiger partial charge in [0.1, 0.15) is 12.6 Å². The molecule has 0 saturated heterocycles. The summed E-state index contributed by atoms with van der Waals surface area (Å²) in [6, 6.07) is 30.2. The van der Waals surface area contributed by atoms with Crippen molar-refractivity contribution in [3.63, 3.8) is 0 Å². The first-order valence-electron chi connectivity index (χ1n) is 13.4. The summed E-state index contributed by atoms with van der Waals surface area (Å²) >= 11 is 9.54. The first-order valence-corrected chi connectivity index (χ1v) is 16.0. The first kappa shape index (κ1) is 31.3. The summed E-state index contributed by atoms with van der Waals surface area (Å²) in [6.07, 6.45) is 0.251. The van der Waals surface area contributed by atoms with Gasteiger partial charge in [-0.3, -0.25) is 13.9 Å². The Morgan fingerprint density at radius 2 is 1.43 bits per heavy atom. The molecular weight excluding hydrogens is 638 g/mol. The zero-order valence-corrected chi connectivity index (χ0v) is 26.1. The number of hydrogen-bond acceptors (Lipinski definition) is 4. The second-order valence-corrected chi connectivity index (χ2v) is 12.8. The number of rotatable bonds is 12. The molecule has 0 fully saturated rings. The number of likely N-dealkylation sites (N-methyl/N-ethyl adjacent to an activating group) is 1. The molecule has 4 rings (SSSR count). The van der Waals surface area contributed by atoms with E-state index in [0.29, 0.717) is 11.6 Å². The van der Waals surface area contributed by atoms with Gasteiger partial charge in [-0.15, -0.1) is 0 Å². The fraction of sp³-hybridized carbons (Fsp3) is 0.188. The zero-order valence-electron chi connectivity index (χ0n) is 23.0. The van der Waals surface area contributed by atoms with Crippen LogP contribution in [0.1, 0.15) is 18.1 Å². The van der Waals surface area contributed by atoms with Gasteiger partial charge < -0.3 is 10.2 Å². The molecule has 0 saturated carbocycles. The van der Waals surface area contributed by atoms with Crippen molar-refractivity contribution in [2.75, 3.05) is 17.4 Å². The van der Waals surface area contributed by atoms with E-state index in [1.807, 2.05) is 61.5 Å². The minimum absolute atomic E-state index is 0.0387. The maximum Gasteiger partial charge on any atom is 0.264 e. The number of benzene rings is 4. The fourth-order valence-electron chi connectivity index (χ4n) is 4.49. The molecule has 42 heavy (non-hydrogen) atoms.